The Hall–Kier alpha value is -1.58. The van der Waals surface area contributed by atoms with Gasteiger partial charge in [-0.3, -0.25) is 4.98 Å². The Morgan fingerprint density at radius 1 is 1.29 bits per heavy atom. The molecule has 17 heavy (non-hydrogen) atoms. The zero-order valence-corrected chi connectivity index (χ0v) is 10.2. The van der Waals surface area contributed by atoms with Gasteiger partial charge in [-0.2, -0.15) is 0 Å². The zero-order valence-electron chi connectivity index (χ0n) is 9.48. The second-order valence-corrected chi connectivity index (χ2v) is 4.08. The van der Waals surface area contributed by atoms with E-state index in [1.807, 2.05) is 25.1 Å². The number of rotatable bonds is 3. The molecule has 2 rings (SSSR count). The lowest BCUT2D eigenvalue weighted by molar-refractivity contribution is 0.470. The van der Waals surface area contributed by atoms with E-state index in [0.717, 1.165) is 11.3 Å². The second kappa shape index (κ2) is 5.17. The standard InChI is InChI=1S/C13H13ClN2O/c1-9-12(3-2-6-16-9)17-13-7-11(14)5-4-10(13)8-15/h2-7H,8,15H2,1H3. The molecule has 0 amide bonds. The Labute approximate surface area is 105 Å². The van der Waals surface area contributed by atoms with Crippen LogP contribution in [0.2, 0.25) is 5.02 Å². The third-order valence-corrected chi connectivity index (χ3v) is 2.66. The maximum atomic E-state index is 5.94. The van der Waals surface area contributed by atoms with Crippen molar-refractivity contribution in [1.29, 1.82) is 0 Å². The Balaban J connectivity index is 2.35. The smallest absolute Gasteiger partial charge is 0.148 e. The molecule has 2 N–H and O–H groups in total. The Bertz CT molecular complexity index is 529. The predicted molar refractivity (Wildman–Crippen MR) is 68.4 cm³/mol. The number of hydrogen-bond donors (Lipinski definition) is 1. The molecule has 0 unspecified atom stereocenters. The highest BCUT2D eigenvalue weighted by Gasteiger charge is 2.06. The lowest BCUT2D eigenvalue weighted by atomic mass is 10.2. The van der Waals surface area contributed by atoms with E-state index in [1.165, 1.54) is 0 Å². The van der Waals surface area contributed by atoms with Crippen molar-refractivity contribution in [3.63, 3.8) is 0 Å². The molecule has 0 saturated heterocycles. The number of nitrogens with zero attached hydrogens (tertiary/aromatic N) is 1. The van der Waals surface area contributed by atoms with Gasteiger partial charge in [0.15, 0.2) is 0 Å². The number of ether oxygens (including phenoxy) is 1. The van der Waals surface area contributed by atoms with E-state index in [-0.39, 0.29) is 0 Å². The SMILES string of the molecule is Cc1ncccc1Oc1cc(Cl)ccc1CN. The number of pyridine rings is 1. The number of hydrogen-bond acceptors (Lipinski definition) is 3. The minimum atomic E-state index is 0.409. The van der Waals surface area contributed by atoms with Gasteiger partial charge in [-0.15, -0.1) is 0 Å². The van der Waals surface area contributed by atoms with Crippen LogP contribution in [0.15, 0.2) is 36.5 Å². The van der Waals surface area contributed by atoms with Gasteiger partial charge in [-0.1, -0.05) is 17.7 Å². The van der Waals surface area contributed by atoms with Crippen molar-refractivity contribution in [2.75, 3.05) is 0 Å². The summed E-state index contributed by atoms with van der Waals surface area (Å²) in [6.07, 6.45) is 1.73. The normalized spacial score (nSPS) is 10.3. The summed E-state index contributed by atoms with van der Waals surface area (Å²) in [7, 11) is 0. The molecule has 0 fully saturated rings. The fourth-order valence-corrected chi connectivity index (χ4v) is 1.65. The number of nitrogens with two attached hydrogens (primary N) is 1. The molecule has 4 heteroatoms. The van der Waals surface area contributed by atoms with E-state index < -0.39 is 0 Å². The first-order valence-electron chi connectivity index (χ1n) is 5.28. The number of benzene rings is 1. The van der Waals surface area contributed by atoms with Gasteiger partial charge in [0.05, 0.1) is 5.69 Å². The molecule has 0 bridgehead atoms. The first-order valence-corrected chi connectivity index (χ1v) is 5.66. The van der Waals surface area contributed by atoms with Gasteiger partial charge in [-0.05, 0) is 31.2 Å². The van der Waals surface area contributed by atoms with E-state index in [9.17, 15) is 0 Å². The average Bonchev–Trinajstić information content (AvgIpc) is 2.32. The van der Waals surface area contributed by atoms with Gasteiger partial charge in [-0.25, -0.2) is 0 Å². The first kappa shape index (κ1) is 11.9. The summed E-state index contributed by atoms with van der Waals surface area (Å²) < 4.78 is 5.79. The minimum absolute atomic E-state index is 0.409. The summed E-state index contributed by atoms with van der Waals surface area (Å²) >= 11 is 5.94. The number of halogens is 1. The third-order valence-electron chi connectivity index (χ3n) is 2.43. The topological polar surface area (TPSA) is 48.1 Å². The van der Waals surface area contributed by atoms with Gasteiger partial charge in [0.25, 0.3) is 0 Å². The summed E-state index contributed by atoms with van der Waals surface area (Å²) in [4.78, 5) is 4.16. The molecule has 88 valence electrons. The summed E-state index contributed by atoms with van der Waals surface area (Å²) in [6.45, 7) is 2.30. The van der Waals surface area contributed by atoms with E-state index in [1.54, 1.807) is 18.3 Å². The van der Waals surface area contributed by atoms with Crippen LogP contribution < -0.4 is 10.5 Å². The molecule has 1 aromatic carbocycles. The molecular weight excluding hydrogens is 236 g/mol. The van der Waals surface area contributed by atoms with Crippen molar-refractivity contribution in [2.45, 2.75) is 13.5 Å². The fourth-order valence-electron chi connectivity index (χ4n) is 1.49. The van der Waals surface area contributed by atoms with E-state index >= 15 is 0 Å². The van der Waals surface area contributed by atoms with Crippen LogP contribution >= 0.6 is 11.6 Å². The van der Waals surface area contributed by atoms with Crippen LogP contribution in [0.25, 0.3) is 0 Å². The fraction of sp³-hybridized carbons (Fsp3) is 0.154. The van der Waals surface area contributed by atoms with Crippen LogP contribution in [-0.2, 0) is 6.54 Å². The minimum Gasteiger partial charge on any atom is -0.455 e. The highest BCUT2D eigenvalue weighted by Crippen LogP contribution is 2.29. The lowest BCUT2D eigenvalue weighted by Gasteiger charge is -2.11. The van der Waals surface area contributed by atoms with E-state index in [4.69, 9.17) is 22.1 Å². The Morgan fingerprint density at radius 2 is 2.12 bits per heavy atom. The molecule has 0 atom stereocenters. The van der Waals surface area contributed by atoms with E-state index in [2.05, 4.69) is 4.98 Å². The van der Waals surface area contributed by atoms with Gasteiger partial charge >= 0.3 is 0 Å². The predicted octanol–water partition coefficient (Wildman–Crippen LogP) is 3.29. The second-order valence-electron chi connectivity index (χ2n) is 3.65. The van der Waals surface area contributed by atoms with Crippen molar-refractivity contribution < 1.29 is 4.74 Å². The van der Waals surface area contributed by atoms with Crippen molar-refractivity contribution in [3.8, 4) is 11.5 Å². The maximum absolute atomic E-state index is 5.94. The molecule has 0 aliphatic heterocycles. The van der Waals surface area contributed by atoms with Crippen LogP contribution in [-0.4, -0.2) is 4.98 Å². The van der Waals surface area contributed by atoms with Crippen molar-refractivity contribution in [1.82, 2.24) is 4.98 Å². The van der Waals surface area contributed by atoms with E-state index in [0.29, 0.717) is 23.1 Å². The lowest BCUT2D eigenvalue weighted by Crippen LogP contribution is -2.00. The van der Waals surface area contributed by atoms with Crippen molar-refractivity contribution in [2.24, 2.45) is 5.73 Å². The van der Waals surface area contributed by atoms with Gasteiger partial charge < -0.3 is 10.5 Å². The van der Waals surface area contributed by atoms with Crippen molar-refractivity contribution >= 4 is 11.6 Å². The average molecular weight is 249 g/mol. The van der Waals surface area contributed by atoms with Gasteiger partial charge in [0.2, 0.25) is 0 Å². The molecule has 1 aromatic heterocycles. The molecule has 3 nitrogen and oxygen atoms in total. The quantitative estimate of drug-likeness (QED) is 0.907. The van der Waals surface area contributed by atoms with Crippen molar-refractivity contribution in [3.05, 3.63) is 52.8 Å². The summed E-state index contributed by atoms with van der Waals surface area (Å²) in [5, 5.41) is 0.624. The molecule has 0 aliphatic carbocycles. The highest BCUT2D eigenvalue weighted by atomic mass is 35.5. The maximum Gasteiger partial charge on any atom is 0.148 e. The summed E-state index contributed by atoms with van der Waals surface area (Å²) in [6, 6.07) is 9.12. The Morgan fingerprint density at radius 3 is 2.82 bits per heavy atom. The molecular formula is C13H13ClN2O. The summed E-state index contributed by atoms with van der Waals surface area (Å²) in [5.41, 5.74) is 7.40. The highest BCUT2D eigenvalue weighted by molar-refractivity contribution is 6.30. The molecule has 0 radical (unpaired) electrons. The molecule has 2 aromatic rings. The summed E-state index contributed by atoms with van der Waals surface area (Å²) in [5.74, 6) is 1.39. The molecule has 1 heterocycles. The Kier molecular flexibility index (Phi) is 3.61. The molecule has 0 spiro atoms. The van der Waals surface area contributed by atoms with Crippen LogP contribution in [0, 0.1) is 6.92 Å². The van der Waals surface area contributed by atoms with Crippen LogP contribution in [0.5, 0.6) is 11.5 Å². The number of aromatic nitrogens is 1. The van der Waals surface area contributed by atoms with Crippen LogP contribution in [0.3, 0.4) is 0 Å². The largest absolute Gasteiger partial charge is 0.455 e. The number of aryl methyl sites for hydroxylation is 1. The van der Waals surface area contributed by atoms with Crippen LogP contribution in [0.4, 0.5) is 0 Å². The van der Waals surface area contributed by atoms with Crippen LogP contribution in [0.1, 0.15) is 11.3 Å². The molecule has 0 aliphatic rings. The third kappa shape index (κ3) is 2.75. The van der Waals surface area contributed by atoms with Gasteiger partial charge in [0, 0.05) is 23.3 Å². The first-order chi connectivity index (χ1) is 8.20. The zero-order chi connectivity index (χ0) is 12.3. The monoisotopic (exact) mass is 248 g/mol. The molecule has 0 saturated carbocycles. The van der Waals surface area contributed by atoms with Gasteiger partial charge in [0.1, 0.15) is 11.5 Å².